The second-order valence-corrected chi connectivity index (χ2v) is 5.74. The van der Waals surface area contributed by atoms with E-state index in [4.69, 9.17) is 4.74 Å². The van der Waals surface area contributed by atoms with Gasteiger partial charge < -0.3 is 14.6 Å². The lowest BCUT2D eigenvalue weighted by molar-refractivity contribution is 0.147. The molecule has 0 saturated heterocycles. The normalized spacial score (nSPS) is 10.8. The van der Waals surface area contributed by atoms with E-state index in [0.29, 0.717) is 0 Å². The molecule has 0 aliphatic carbocycles. The van der Waals surface area contributed by atoms with Gasteiger partial charge in [0.2, 0.25) is 5.95 Å². The summed E-state index contributed by atoms with van der Waals surface area (Å²) in [5.74, 6) is 0.933. The van der Waals surface area contributed by atoms with Crippen LogP contribution < -0.4 is 5.32 Å². The Kier molecular flexibility index (Phi) is 5.42. The van der Waals surface area contributed by atoms with Gasteiger partial charge in [0.25, 0.3) is 0 Å². The molecule has 5 heteroatoms. The molecular weight excluding hydrogens is 258 g/mol. The average molecular weight is 279 g/mol. The molecular formula is C14H21N3OS. The molecule has 0 unspecified atom stereocenters. The summed E-state index contributed by atoms with van der Waals surface area (Å²) in [6.07, 6.45) is 4.85. The number of hydrogen-bond acceptors (Lipinski definition) is 4. The molecule has 0 spiro atoms. The third-order valence-corrected chi connectivity index (χ3v) is 3.78. The van der Waals surface area contributed by atoms with Gasteiger partial charge >= 0.3 is 0 Å². The highest BCUT2D eigenvalue weighted by Crippen LogP contribution is 2.18. The van der Waals surface area contributed by atoms with Gasteiger partial charge in [-0.3, -0.25) is 0 Å². The molecule has 2 heterocycles. The molecule has 1 N–H and O–H groups in total. The van der Waals surface area contributed by atoms with Gasteiger partial charge in [-0.15, -0.1) is 11.3 Å². The van der Waals surface area contributed by atoms with Gasteiger partial charge in [-0.1, -0.05) is 0 Å². The van der Waals surface area contributed by atoms with Gasteiger partial charge in [0.05, 0.1) is 6.54 Å². The van der Waals surface area contributed by atoms with Gasteiger partial charge in [-0.2, -0.15) is 0 Å². The molecule has 0 saturated carbocycles. The molecule has 2 rings (SSSR count). The van der Waals surface area contributed by atoms with Gasteiger partial charge in [0, 0.05) is 41.9 Å². The smallest absolute Gasteiger partial charge is 0.203 e. The fourth-order valence-electron chi connectivity index (χ4n) is 1.86. The highest BCUT2D eigenvalue weighted by Gasteiger charge is 2.04. The lowest BCUT2D eigenvalue weighted by Crippen LogP contribution is -2.10. The van der Waals surface area contributed by atoms with E-state index in [-0.39, 0.29) is 0 Å². The van der Waals surface area contributed by atoms with Crippen LogP contribution >= 0.6 is 11.3 Å². The minimum absolute atomic E-state index is 0.784. The molecule has 0 radical (unpaired) electrons. The second kappa shape index (κ2) is 7.31. The Labute approximate surface area is 118 Å². The summed E-state index contributed by atoms with van der Waals surface area (Å²) in [6.45, 7) is 7.51. The fourth-order valence-corrected chi connectivity index (χ4v) is 2.75. The molecule has 0 aromatic carbocycles. The molecule has 2 aromatic heterocycles. The number of ether oxygens (including phenoxy) is 1. The van der Waals surface area contributed by atoms with Crippen LogP contribution in [0.25, 0.3) is 0 Å². The van der Waals surface area contributed by atoms with Crippen molar-refractivity contribution in [2.24, 2.45) is 0 Å². The predicted octanol–water partition coefficient (Wildman–Crippen LogP) is 3.14. The maximum absolute atomic E-state index is 5.32. The Morgan fingerprint density at radius 3 is 3.05 bits per heavy atom. The number of thiophene rings is 1. The summed E-state index contributed by atoms with van der Waals surface area (Å²) in [5, 5.41) is 3.36. The summed E-state index contributed by atoms with van der Waals surface area (Å²) < 4.78 is 7.46. The third kappa shape index (κ3) is 4.36. The third-order valence-electron chi connectivity index (χ3n) is 2.79. The summed E-state index contributed by atoms with van der Waals surface area (Å²) >= 11 is 1.83. The average Bonchev–Trinajstić information content (AvgIpc) is 3.00. The van der Waals surface area contributed by atoms with Crippen molar-refractivity contribution in [2.45, 2.75) is 26.8 Å². The van der Waals surface area contributed by atoms with Crippen LogP contribution in [0.1, 0.15) is 23.1 Å². The summed E-state index contributed by atoms with van der Waals surface area (Å²) in [5.41, 5.74) is 0. The van der Waals surface area contributed by atoms with Crippen molar-refractivity contribution < 1.29 is 4.74 Å². The zero-order chi connectivity index (χ0) is 13.5. The number of rotatable bonds is 8. The molecule has 0 aliphatic rings. The fraction of sp³-hybridized carbons (Fsp3) is 0.500. The van der Waals surface area contributed by atoms with Crippen LogP contribution in [0.3, 0.4) is 0 Å². The standard InChI is InChI=1S/C14H21N3OS/c1-3-18-10-4-7-15-14-16-8-9-17(14)11-13-6-5-12(2)19-13/h5-6,8-9H,3-4,7,10-11H2,1-2H3,(H,15,16). The minimum Gasteiger partial charge on any atom is -0.382 e. The molecule has 0 amide bonds. The van der Waals surface area contributed by atoms with Crippen molar-refractivity contribution in [1.29, 1.82) is 0 Å². The lowest BCUT2D eigenvalue weighted by Gasteiger charge is -2.09. The van der Waals surface area contributed by atoms with Crippen LogP contribution in [0.5, 0.6) is 0 Å². The Morgan fingerprint density at radius 2 is 2.32 bits per heavy atom. The quantitative estimate of drug-likeness (QED) is 0.755. The molecule has 4 nitrogen and oxygen atoms in total. The molecule has 0 atom stereocenters. The monoisotopic (exact) mass is 279 g/mol. The minimum atomic E-state index is 0.784. The maximum atomic E-state index is 5.32. The van der Waals surface area contributed by atoms with Crippen molar-refractivity contribution in [3.63, 3.8) is 0 Å². The number of hydrogen-bond donors (Lipinski definition) is 1. The number of nitrogens with zero attached hydrogens (tertiary/aromatic N) is 2. The van der Waals surface area contributed by atoms with Crippen molar-refractivity contribution in [1.82, 2.24) is 9.55 Å². The zero-order valence-electron chi connectivity index (χ0n) is 11.6. The van der Waals surface area contributed by atoms with E-state index < -0.39 is 0 Å². The van der Waals surface area contributed by atoms with E-state index in [0.717, 1.165) is 38.7 Å². The predicted molar refractivity (Wildman–Crippen MR) is 80.0 cm³/mol. The van der Waals surface area contributed by atoms with Crippen molar-refractivity contribution in [3.8, 4) is 0 Å². The highest BCUT2D eigenvalue weighted by atomic mass is 32.1. The Bertz CT molecular complexity index is 492. The Morgan fingerprint density at radius 1 is 1.42 bits per heavy atom. The van der Waals surface area contributed by atoms with Gasteiger partial charge in [-0.25, -0.2) is 4.98 Å². The number of imidazole rings is 1. The van der Waals surface area contributed by atoms with Crippen molar-refractivity contribution in [2.75, 3.05) is 25.1 Å². The Hall–Kier alpha value is -1.33. The van der Waals surface area contributed by atoms with Crippen LogP contribution in [-0.4, -0.2) is 29.3 Å². The Balaban J connectivity index is 1.83. The van der Waals surface area contributed by atoms with Crippen LogP contribution in [0.15, 0.2) is 24.5 Å². The van der Waals surface area contributed by atoms with E-state index in [1.54, 1.807) is 0 Å². The molecule has 2 aromatic rings. The molecule has 0 fully saturated rings. The summed E-state index contributed by atoms with van der Waals surface area (Å²) in [7, 11) is 0. The zero-order valence-corrected chi connectivity index (χ0v) is 12.4. The van der Waals surface area contributed by atoms with E-state index in [9.17, 15) is 0 Å². The number of anilines is 1. The summed E-state index contributed by atoms with van der Waals surface area (Å²) in [6, 6.07) is 4.34. The van der Waals surface area contributed by atoms with Gasteiger partial charge in [0.1, 0.15) is 0 Å². The number of aryl methyl sites for hydroxylation is 1. The SMILES string of the molecule is CCOCCCNc1nccn1Cc1ccc(C)s1. The van der Waals surface area contributed by atoms with E-state index in [1.807, 2.05) is 30.7 Å². The van der Waals surface area contributed by atoms with Crippen LogP contribution in [0.2, 0.25) is 0 Å². The van der Waals surface area contributed by atoms with Crippen molar-refractivity contribution in [3.05, 3.63) is 34.3 Å². The van der Waals surface area contributed by atoms with Crippen LogP contribution in [0, 0.1) is 6.92 Å². The first-order chi connectivity index (χ1) is 9.29. The molecule has 104 valence electrons. The molecule has 0 aliphatic heterocycles. The lowest BCUT2D eigenvalue weighted by atomic mass is 10.4. The second-order valence-electron chi connectivity index (χ2n) is 4.37. The first-order valence-electron chi connectivity index (χ1n) is 6.67. The number of nitrogens with one attached hydrogen (secondary N) is 1. The largest absolute Gasteiger partial charge is 0.382 e. The van der Waals surface area contributed by atoms with Gasteiger partial charge in [0.15, 0.2) is 0 Å². The summed E-state index contributed by atoms with van der Waals surface area (Å²) in [4.78, 5) is 7.06. The van der Waals surface area contributed by atoms with Crippen LogP contribution in [0.4, 0.5) is 5.95 Å². The highest BCUT2D eigenvalue weighted by molar-refractivity contribution is 7.11. The van der Waals surface area contributed by atoms with E-state index >= 15 is 0 Å². The van der Waals surface area contributed by atoms with E-state index in [2.05, 4.69) is 33.9 Å². The van der Waals surface area contributed by atoms with Crippen LogP contribution in [-0.2, 0) is 11.3 Å². The first-order valence-corrected chi connectivity index (χ1v) is 7.49. The van der Waals surface area contributed by atoms with Crippen molar-refractivity contribution >= 4 is 17.3 Å². The van der Waals surface area contributed by atoms with E-state index in [1.165, 1.54) is 9.75 Å². The van der Waals surface area contributed by atoms with Gasteiger partial charge in [-0.05, 0) is 32.4 Å². The topological polar surface area (TPSA) is 39.1 Å². The molecule has 0 bridgehead atoms. The number of aromatic nitrogens is 2. The first kappa shape index (κ1) is 14.1. The maximum Gasteiger partial charge on any atom is 0.203 e. The molecule has 19 heavy (non-hydrogen) atoms.